The Morgan fingerprint density at radius 2 is 2.03 bits per heavy atom. The molecule has 0 aliphatic heterocycles. The highest BCUT2D eigenvalue weighted by Crippen LogP contribution is 2.43. The van der Waals surface area contributed by atoms with Gasteiger partial charge in [0.1, 0.15) is 11.6 Å². The zero-order valence-electron chi connectivity index (χ0n) is 18.7. The van der Waals surface area contributed by atoms with Crippen LogP contribution in [0.25, 0.3) is 10.9 Å². The van der Waals surface area contributed by atoms with Crippen molar-refractivity contribution in [3.63, 3.8) is 0 Å². The predicted octanol–water partition coefficient (Wildman–Crippen LogP) is 4.19. The van der Waals surface area contributed by atoms with Crippen molar-refractivity contribution >= 4 is 29.0 Å². The molecular weight excluding hydrogens is 409 g/mol. The molecule has 1 aliphatic carbocycles. The van der Waals surface area contributed by atoms with Gasteiger partial charge in [-0.2, -0.15) is 0 Å². The Bertz CT molecular complexity index is 1230. The van der Waals surface area contributed by atoms with Gasteiger partial charge in [0.15, 0.2) is 6.29 Å². The van der Waals surface area contributed by atoms with E-state index in [9.17, 15) is 14.0 Å². The van der Waals surface area contributed by atoms with Crippen LogP contribution < -0.4 is 16.2 Å². The van der Waals surface area contributed by atoms with Crippen LogP contribution in [0.5, 0.6) is 0 Å². The lowest BCUT2D eigenvalue weighted by molar-refractivity contribution is 0.112. The van der Waals surface area contributed by atoms with Crippen molar-refractivity contribution in [1.29, 1.82) is 0 Å². The Morgan fingerprint density at radius 3 is 2.69 bits per heavy atom. The van der Waals surface area contributed by atoms with Crippen LogP contribution in [-0.2, 0) is 13.6 Å². The summed E-state index contributed by atoms with van der Waals surface area (Å²) < 4.78 is 15.8. The molecule has 2 aromatic heterocycles. The van der Waals surface area contributed by atoms with Crippen LogP contribution >= 0.6 is 0 Å². The maximum absolute atomic E-state index is 14.3. The number of carbonyl (C=O) groups is 1. The van der Waals surface area contributed by atoms with E-state index in [2.05, 4.69) is 22.5 Å². The molecule has 0 amide bonds. The maximum Gasteiger partial charge on any atom is 0.262 e. The van der Waals surface area contributed by atoms with Crippen molar-refractivity contribution in [3.05, 3.63) is 57.3 Å². The minimum atomic E-state index is -0.513. The van der Waals surface area contributed by atoms with E-state index in [0.29, 0.717) is 28.4 Å². The zero-order valence-corrected chi connectivity index (χ0v) is 18.7. The van der Waals surface area contributed by atoms with Gasteiger partial charge in [0.2, 0.25) is 5.95 Å². The maximum atomic E-state index is 14.3. The van der Waals surface area contributed by atoms with Gasteiger partial charge >= 0.3 is 0 Å². The number of anilines is 2. The SMILES string of the molecule is CCC1(CNc2nc3c(CNc4ncc(C)cc4C=O)cc(F)cc3c(=O)n2C)CCC1. The van der Waals surface area contributed by atoms with Crippen LogP contribution in [0, 0.1) is 18.2 Å². The molecule has 1 saturated carbocycles. The molecule has 4 rings (SSSR count). The van der Waals surface area contributed by atoms with Gasteiger partial charge in [-0.25, -0.2) is 14.4 Å². The van der Waals surface area contributed by atoms with Gasteiger partial charge in [-0.15, -0.1) is 0 Å². The number of fused-ring (bicyclic) bond motifs is 1. The van der Waals surface area contributed by atoms with Crippen LogP contribution in [0.15, 0.2) is 29.2 Å². The number of aldehydes is 1. The fourth-order valence-corrected chi connectivity index (χ4v) is 4.31. The number of aryl methyl sites for hydroxylation is 1. The largest absolute Gasteiger partial charge is 0.365 e. The van der Waals surface area contributed by atoms with Gasteiger partial charge in [-0.05, 0) is 55.4 Å². The van der Waals surface area contributed by atoms with E-state index in [0.717, 1.165) is 24.8 Å². The summed E-state index contributed by atoms with van der Waals surface area (Å²) in [5.74, 6) is 0.359. The Hall–Kier alpha value is -3.29. The van der Waals surface area contributed by atoms with Gasteiger partial charge in [0.05, 0.1) is 16.5 Å². The lowest BCUT2D eigenvalue weighted by Gasteiger charge is -2.41. The second-order valence-corrected chi connectivity index (χ2v) is 8.74. The number of aromatic nitrogens is 3. The standard InChI is InChI=1S/C24H28FN5O2/c1-4-24(6-5-7-24)14-28-23-29-20-16(9-18(25)10-19(20)22(32)30(23)3)12-27-21-17(13-31)8-15(2)11-26-21/h8-11,13H,4-7,12,14H2,1-3H3,(H,26,27)(H,28,29). The van der Waals surface area contributed by atoms with E-state index >= 15 is 0 Å². The van der Waals surface area contributed by atoms with Gasteiger partial charge < -0.3 is 10.6 Å². The molecule has 8 heteroatoms. The van der Waals surface area contributed by atoms with E-state index in [1.165, 1.54) is 36.0 Å². The molecule has 7 nitrogen and oxygen atoms in total. The van der Waals surface area contributed by atoms with Crippen LogP contribution in [0.2, 0.25) is 0 Å². The predicted molar refractivity (Wildman–Crippen MR) is 124 cm³/mol. The van der Waals surface area contributed by atoms with Crippen molar-refractivity contribution < 1.29 is 9.18 Å². The summed E-state index contributed by atoms with van der Waals surface area (Å²) in [6, 6.07) is 4.31. The lowest BCUT2D eigenvalue weighted by Crippen LogP contribution is -2.37. The van der Waals surface area contributed by atoms with E-state index in [4.69, 9.17) is 4.98 Å². The molecule has 32 heavy (non-hydrogen) atoms. The minimum Gasteiger partial charge on any atom is -0.365 e. The zero-order chi connectivity index (χ0) is 22.9. The fourth-order valence-electron chi connectivity index (χ4n) is 4.31. The third kappa shape index (κ3) is 4.09. The molecule has 2 heterocycles. The molecule has 0 bridgehead atoms. The summed E-state index contributed by atoms with van der Waals surface area (Å²) >= 11 is 0. The highest BCUT2D eigenvalue weighted by Gasteiger charge is 2.35. The second kappa shape index (κ2) is 8.68. The van der Waals surface area contributed by atoms with Crippen molar-refractivity contribution in [1.82, 2.24) is 14.5 Å². The van der Waals surface area contributed by atoms with Gasteiger partial charge in [-0.1, -0.05) is 13.3 Å². The third-order valence-electron chi connectivity index (χ3n) is 6.64. The highest BCUT2D eigenvalue weighted by molar-refractivity contribution is 5.84. The monoisotopic (exact) mass is 437 g/mol. The fraction of sp³-hybridized carbons (Fsp3) is 0.417. The number of nitrogens with zero attached hydrogens (tertiary/aromatic N) is 3. The minimum absolute atomic E-state index is 0.170. The molecule has 1 aromatic carbocycles. The van der Waals surface area contributed by atoms with Crippen LogP contribution in [0.3, 0.4) is 0 Å². The van der Waals surface area contributed by atoms with Gasteiger partial charge in [0, 0.05) is 31.9 Å². The Morgan fingerprint density at radius 1 is 1.25 bits per heavy atom. The normalized spacial score (nSPS) is 14.8. The number of hydrogen-bond acceptors (Lipinski definition) is 6. The van der Waals surface area contributed by atoms with E-state index in [-0.39, 0.29) is 22.9 Å². The summed E-state index contributed by atoms with van der Waals surface area (Å²) in [4.78, 5) is 33.3. The quantitative estimate of drug-likeness (QED) is 0.514. The number of benzene rings is 1. The Labute approximate surface area is 186 Å². The molecule has 0 unspecified atom stereocenters. The highest BCUT2D eigenvalue weighted by atomic mass is 19.1. The summed E-state index contributed by atoms with van der Waals surface area (Å²) in [6.45, 7) is 4.96. The molecule has 2 N–H and O–H groups in total. The average molecular weight is 438 g/mol. The average Bonchev–Trinajstić information content (AvgIpc) is 2.75. The number of carbonyl (C=O) groups excluding carboxylic acids is 1. The first kappa shape index (κ1) is 21.9. The summed E-state index contributed by atoms with van der Waals surface area (Å²) in [5.41, 5.74) is 2.19. The number of hydrogen-bond donors (Lipinski definition) is 2. The van der Waals surface area contributed by atoms with Crippen LogP contribution in [0.4, 0.5) is 16.2 Å². The smallest absolute Gasteiger partial charge is 0.262 e. The molecule has 168 valence electrons. The molecular formula is C24H28FN5O2. The first-order chi connectivity index (χ1) is 15.4. The molecule has 0 spiro atoms. The van der Waals surface area contributed by atoms with E-state index in [1.807, 2.05) is 6.92 Å². The number of halogens is 1. The Kier molecular flexibility index (Phi) is 5.95. The molecule has 0 atom stereocenters. The first-order valence-corrected chi connectivity index (χ1v) is 10.9. The molecule has 1 aliphatic rings. The molecule has 0 saturated heterocycles. The van der Waals surface area contributed by atoms with E-state index < -0.39 is 5.82 Å². The Balaban J connectivity index is 1.68. The molecule has 0 radical (unpaired) electrons. The second-order valence-electron chi connectivity index (χ2n) is 8.74. The summed E-state index contributed by atoms with van der Waals surface area (Å²) in [7, 11) is 1.64. The lowest BCUT2D eigenvalue weighted by atomic mass is 9.67. The van der Waals surface area contributed by atoms with Crippen molar-refractivity contribution in [3.8, 4) is 0 Å². The van der Waals surface area contributed by atoms with Gasteiger partial charge in [-0.3, -0.25) is 14.2 Å². The van der Waals surface area contributed by atoms with Crippen molar-refractivity contribution in [2.45, 2.75) is 46.1 Å². The van der Waals surface area contributed by atoms with Crippen molar-refractivity contribution in [2.24, 2.45) is 12.5 Å². The van der Waals surface area contributed by atoms with Crippen molar-refractivity contribution in [2.75, 3.05) is 17.2 Å². The third-order valence-corrected chi connectivity index (χ3v) is 6.64. The molecule has 3 aromatic rings. The number of nitrogens with one attached hydrogen (secondary N) is 2. The summed E-state index contributed by atoms with van der Waals surface area (Å²) in [5, 5.41) is 6.66. The molecule has 1 fully saturated rings. The van der Waals surface area contributed by atoms with Crippen LogP contribution in [0.1, 0.15) is 54.1 Å². The summed E-state index contributed by atoms with van der Waals surface area (Å²) in [6.07, 6.45) is 7.02. The number of pyridine rings is 1. The first-order valence-electron chi connectivity index (χ1n) is 10.9. The van der Waals surface area contributed by atoms with Gasteiger partial charge in [0.25, 0.3) is 5.56 Å². The van der Waals surface area contributed by atoms with Crippen LogP contribution in [-0.4, -0.2) is 27.4 Å². The number of rotatable bonds is 8. The van der Waals surface area contributed by atoms with E-state index in [1.54, 1.807) is 19.3 Å². The topological polar surface area (TPSA) is 88.9 Å².